The lowest BCUT2D eigenvalue weighted by atomic mass is 10.0. The summed E-state index contributed by atoms with van der Waals surface area (Å²) in [5.41, 5.74) is 6.23. The molecule has 6 nitrogen and oxygen atoms in total. The van der Waals surface area contributed by atoms with Crippen LogP contribution in [0.1, 0.15) is 0 Å². The van der Waals surface area contributed by atoms with Gasteiger partial charge in [0.25, 0.3) is 0 Å². The predicted molar refractivity (Wildman–Crippen MR) is 128 cm³/mol. The fraction of sp³-hybridized carbons (Fsp3) is 0.240. The van der Waals surface area contributed by atoms with Gasteiger partial charge in [-0.25, -0.2) is 8.42 Å². The topological polar surface area (TPSA) is 66.7 Å². The van der Waals surface area contributed by atoms with Crippen LogP contribution in [0.25, 0.3) is 33.4 Å². The van der Waals surface area contributed by atoms with Gasteiger partial charge < -0.3 is 14.2 Å². The first-order valence-electron chi connectivity index (χ1n) is 10.6. The molecular formula is C25H25N3O3S. The monoisotopic (exact) mass is 447 g/mol. The third kappa shape index (κ3) is 4.01. The van der Waals surface area contributed by atoms with Crippen LogP contribution in [0.4, 0.5) is 5.69 Å². The van der Waals surface area contributed by atoms with Gasteiger partial charge in [0.05, 0.1) is 4.90 Å². The number of pyridine rings is 1. The van der Waals surface area contributed by atoms with Gasteiger partial charge >= 0.3 is 0 Å². The molecule has 1 fully saturated rings. The molecule has 4 aromatic rings. The number of anilines is 1. The van der Waals surface area contributed by atoms with E-state index in [-0.39, 0.29) is 4.90 Å². The molecule has 2 aromatic carbocycles. The molecule has 0 saturated carbocycles. The van der Waals surface area contributed by atoms with Gasteiger partial charge in [0, 0.05) is 55.4 Å². The second-order valence-corrected chi connectivity index (χ2v) is 10.4. The molecule has 1 saturated heterocycles. The zero-order chi connectivity index (χ0) is 22.3. The normalized spacial score (nSPS) is 15.4. The van der Waals surface area contributed by atoms with Crippen molar-refractivity contribution in [2.45, 2.75) is 4.90 Å². The van der Waals surface area contributed by atoms with Crippen molar-refractivity contribution in [3.8, 4) is 22.3 Å². The Hall–Kier alpha value is -3.16. The van der Waals surface area contributed by atoms with E-state index >= 15 is 0 Å². The summed E-state index contributed by atoms with van der Waals surface area (Å²) in [7, 11) is -1.13. The second kappa shape index (κ2) is 8.07. The Morgan fingerprint density at radius 3 is 2.38 bits per heavy atom. The summed E-state index contributed by atoms with van der Waals surface area (Å²) in [6.45, 7) is 4.24. The molecule has 0 bridgehead atoms. The number of aromatic nitrogens is 1. The van der Waals surface area contributed by atoms with Crippen LogP contribution in [0.3, 0.4) is 0 Å². The summed E-state index contributed by atoms with van der Waals surface area (Å²) in [6.07, 6.45) is 4.69. The zero-order valence-corrected chi connectivity index (χ0v) is 19.0. The van der Waals surface area contributed by atoms with E-state index in [1.165, 1.54) is 11.9 Å². The van der Waals surface area contributed by atoms with E-state index in [1.807, 2.05) is 18.3 Å². The molecule has 0 atom stereocenters. The van der Waals surface area contributed by atoms with Crippen LogP contribution >= 0.6 is 0 Å². The Balaban J connectivity index is 1.43. The highest BCUT2D eigenvalue weighted by Gasteiger charge is 2.16. The smallest absolute Gasteiger partial charge is 0.175 e. The highest BCUT2D eigenvalue weighted by Crippen LogP contribution is 2.33. The Kier molecular flexibility index (Phi) is 5.23. The third-order valence-corrected chi connectivity index (χ3v) is 7.16. The van der Waals surface area contributed by atoms with Gasteiger partial charge in [0.15, 0.2) is 15.4 Å². The van der Waals surface area contributed by atoms with E-state index in [4.69, 9.17) is 4.42 Å². The van der Waals surface area contributed by atoms with Crippen molar-refractivity contribution in [2.75, 3.05) is 44.4 Å². The van der Waals surface area contributed by atoms with Gasteiger partial charge in [-0.15, -0.1) is 0 Å². The number of benzene rings is 2. The van der Waals surface area contributed by atoms with Crippen LogP contribution in [-0.2, 0) is 9.84 Å². The van der Waals surface area contributed by atoms with Crippen molar-refractivity contribution in [3.63, 3.8) is 0 Å². The maximum Gasteiger partial charge on any atom is 0.175 e. The number of hydrogen-bond donors (Lipinski definition) is 0. The summed E-state index contributed by atoms with van der Waals surface area (Å²) < 4.78 is 29.6. The minimum Gasteiger partial charge on any atom is -0.462 e. The Morgan fingerprint density at radius 2 is 1.66 bits per heavy atom. The minimum atomic E-state index is -3.28. The molecule has 5 rings (SSSR count). The summed E-state index contributed by atoms with van der Waals surface area (Å²) in [5, 5.41) is 0. The highest BCUT2D eigenvalue weighted by molar-refractivity contribution is 7.90. The molecular weight excluding hydrogens is 422 g/mol. The first-order valence-corrected chi connectivity index (χ1v) is 12.5. The largest absolute Gasteiger partial charge is 0.462 e. The second-order valence-electron chi connectivity index (χ2n) is 8.36. The standard InChI is InChI=1S/C25H25N3O3S/c1-27-10-12-28(13-11-27)21-8-6-18(7-9-21)20-15-24-25(26-16-20)23(17-31-24)19-4-3-5-22(14-19)32(2,29)30/h3-9,14-17H,10-13H2,1-2H3. The molecule has 0 radical (unpaired) electrons. The van der Waals surface area contributed by atoms with Crippen LogP contribution in [0.5, 0.6) is 0 Å². The number of likely N-dealkylation sites (N-methyl/N-ethyl adjacent to an activating group) is 1. The van der Waals surface area contributed by atoms with Crippen molar-refractivity contribution in [1.29, 1.82) is 0 Å². The van der Waals surface area contributed by atoms with Crippen molar-refractivity contribution in [2.24, 2.45) is 0 Å². The zero-order valence-electron chi connectivity index (χ0n) is 18.2. The van der Waals surface area contributed by atoms with Crippen LogP contribution < -0.4 is 4.90 Å². The predicted octanol–water partition coefficient (Wildman–Crippen LogP) is 4.32. The molecule has 0 spiro atoms. The summed E-state index contributed by atoms with van der Waals surface area (Å²) in [4.78, 5) is 9.69. The number of nitrogens with zero attached hydrogens (tertiary/aromatic N) is 3. The SMILES string of the molecule is CN1CCN(c2ccc(-c3cnc4c(-c5cccc(S(C)(=O)=O)c5)coc4c3)cc2)CC1. The maximum absolute atomic E-state index is 11.9. The van der Waals surface area contributed by atoms with Crippen molar-refractivity contribution in [3.05, 3.63) is 67.1 Å². The van der Waals surface area contributed by atoms with E-state index in [2.05, 4.69) is 46.1 Å². The van der Waals surface area contributed by atoms with Crippen LogP contribution in [-0.4, -0.2) is 57.8 Å². The molecule has 0 N–H and O–H groups in total. The van der Waals surface area contributed by atoms with Gasteiger partial charge in [-0.2, -0.15) is 0 Å². The van der Waals surface area contributed by atoms with Gasteiger partial charge in [-0.1, -0.05) is 24.3 Å². The number of fused-ring (bicyclic) bond motifs is 1. The summed E-state index contributed by atoms with van der Waals surface area (Å²) in [6, 6.07) is 17.4. The van der Waals surface area contributed by atoms with E-state index in [1.54, 1.807) is 24.5 Å². The van der Waals surface area contributed by atoms with Gasteiger partial charge in [-0.3, -0.25) is 4.98 Å². The van der Waals surface area contributed by atoms with Crippen LogP contribution in [0.2, 0.25) is 0 Å². The quantitative estimate of drug-likeness (QED) is 0.464. The first kappa shape index (κ1) is 20.7. The molecule has 7 heteroatoms. The Bertz CT molecular complexity index is 1370. The number of furan rings is 1. The number of rotatable bonds is 4. The van der Waals surface area contributed by atoms with Crippen LogP contribution in [0, 0.1) is 0 Å². The molecule has 0 amide bonds. The fourth-order valence-corrected chi connectivity index (χ4v) is 4.77. The number of hydrogen-bond acceptors (Lipinski definition) is 6. The lowest BCUT2D eigenvalue weighted by molar-refractivity contribution is 0.313. The molecule has 1 aliphatic rings. The molecule has 32 heavy (non-hydrogen) atoms. The first-order chi connectivity index (χ1) is 15.4. The average molecular weight is 448 g/mol. The molecule has 164 valence electrons. The summed E-state index contributed by atoms with van der Waals surface area (Å²) in [5.74, 6) is 0. The Morgan fingerprint density at radius 1 is 0.906 bits per heavy atom. The van der Waals surface area contributed by atoms with Gasteiger partial charge in [0.2, 0.25) is 0 Å². The highest BCUT2D eigenvalue weighted by atomic mass is 32.2. The number of piperazine rings is 1. The van der Waals surface area contributed by atoms with Crippen molar-refractivity contribution in [1.82, 2.24) is 9.88 Å². The lowest BCUT2D eigenvalue weighted by Gasteiger charge is -2.34. The maximum atomic E-state index is 11.9. The molecule has 1 aliphatic heterocycles. The molecule has 0 aliphatic carbocycles. The molecule has 0 unspecified atom stereocenters. The number of sulfone groups is 1. The average Bonchev–Trinajstić information content (AvgIpc) is 3.23. The van der Waals surface area contributed by atoms with Gasteiger partial charge in [0.1, 0.15) is 11.8 Å². The van der Waals surface area contributed by atoms with Crippen molar-refractivity contribution < 1.29 is 12.8 Å². The Labute approximate surface area is 188 Å². The van der Waals surface area contributed by atoms with E-state index in [0.29, 0.717) is 11.1 Å². The van der Waals surface area contributed by atoms with Crippen LogP contribution in [0.15, 0.2) is 76.4 Å². The minimum absolute atomic E-state index is 0.279. The lowest BCUT2D eigenvalue weighted by Crippen LogP contribution is -2.44. The molecule has 3 heterocycles. The van der Waals surface area contributed by atoms with Gasteiger partial charge in [-0.05, 0) is 48.5 Å². The van der Waals surface area contributed by atoms with E-state index in [0.717, 1.165) is 48.4 Å². The third-order valence-electron chi connectivity index (χ3n) is 6.05. The fourth-order valence-electron chi connectivity index (χ4n) is 4.10. The van der Waals surface area contributed by atoms with E-state index < -0.39 is 9.84 Å². The summed E-state index contributed by atoms with van der Waals surface area (Å²) >= 11 is 0. The van der Waals surface area contributed by atoms with Crippen molar-refractivity contribution >= 4 is 26.6 Å². The van der Waals surface area contributed by atoms with E-state index in [9.17, 15) is 8.42 Å². The molecule has 2 aromatic heterocycles.